The van der Waals surface area contributed by atoms with Crippen LogP contribution in [0.3, 0.4) is 0 Å². The first-order valence-corrected chi connectivity index (χ1v) is 7.50. The summed E-state index contributed by atoms with van der Waals surface area (Å²) in [6, 6.07) is 4.49. The zero-order valence-corrected chi connectivity index (χ0v) is 12.9. The summed E-state index contributed by atoms with van der Waals surface area (Å²) >= 11 is 6.04. The van der Waals surface area contributed by atoms with Gasteiger partial charge in [0.25, 0.3) is 0 Å². The van der Waals surface area contributed by atoms with Crippen molar-refractivity contribution in [3.05, 3.63) is 34.6 Å². The van der Waals surface area contributed by atoms with E-state index in [2.05, 4.69) is 9.80 Å². The van der Waals surface area contributed by atoms with Crippen LogP contribution in [-0.4, -0.2) is 55.1 Å². The lowest BCUT2D eigenvalue weighted by atomic mass is 10.2. The number of piperazine rings is 1. The van der Waals surface area contributed by atoms with Crippen molar-refractivity contribution < 1.29 is 13.9 Å². The van der Waals surface area contributed by atoms with Gasteiger partial charge in [-0.25, -0.2) is 4.39 Å². The van der Waals surface area contributed by atoms with Gasteiger partial charge < -0.3 is 4.74 Å². The summed E-state index contributed by atoms with van der Waals surface area (Å²) in [5.41, 5.74) is 0.928. The van der Waals surface area contributed by atoms with Crippen molar-refractivity contribution in [1.82, 2.24) is 9.80 Å². The Balaban J connectivity index is 1.80. The van der Waals surface area contributed by atoms with Crippen LogP contribution >= 0.6 is 11.6 Å². The Morgan fingerprint density at radius 3 is 2.57 bits per heavy atom. The van der Waals surface area contributed by atoms with Crippen molar-refractivity contribution in [2.24, 2.45) is 0 Å². The quantitative estimate of drug-likeness (QED) is 0.780. The third-order valence-corrected chi connectivity index (χ3v) is 3.88. The summed E-state index contributed by atoms with van der Waals surface area (Å²) in [5, 5.41) is 0.462. The number of ether oxygens (including phenoxy) is 1. The molecule has 1 saturated heterocycles. The predicted molar refractivity (Wildman–Crippen MR) is 79.8 cm³/mol. The molecule has 0 N–H and O–H groups in total. The van der Waals surface area contributed by atoms with Gasteiger partial charge in [0.1, 0.15) is 5.82 Å². The van der Waals surface area contributed by atoms with Gasteiger partial charge in [-0.15, -0.1) is 0 Å². The van der Waals surface area contributed by atoms with Crippen molar-refractivity contribution in [2.75, 3.05) is 39.3 Å². The zero-order chi connectivity index (χ0) is 15.2. The Bertz CT molecular complexity index is 491. The molecule has 1 aliphatic rings. The van der Waals surface area contributed by atoms with Crippen molar-refractivity contribution in [2.45, 2.75) is 13.5 Å². The van der Waals surface area contributed by atoms with E-state index in [0.29, 0.717) is 24.7 Å². The first-order chi connectivity index (χ1) is 10.1. The maximum absolute atomic E-state index is 13.0. The van der Waals surface area contributed by atoms with Gasteiger partial charge in [-0.2, -0.15) is 0 Å². The molecule has 0 amide bonds. The molecule has 1 aromatic rings. The second-order valence-electron chi connectivity index (χ2n) is 5.09. The second-order valence-corrected chi connectivity index (χ2v) is 5.50. The van der Waals surface area contributed by atoms with E-state index in [9.17, 15) is 9.18 Å². The van der Waals surface area contributed by atoms with Crippen molar-refractivity contribution in [3.63, 3.8) is 0 Å². The lowest BCUT2D eigenvalue weighted by molar-refractivity contribution is -0.144. The highest BCUT2D eigenvalue weighted by Crippen LogP contribution is 2.19. The van der Waals surface area contributed by atoms with E-state index in [0.717, 1.165) is 31.7 Å². The minimum Gasteiger partial charge on any atom is -0.465 e. The molecule has 1 fully saturated rings. The lowest BCUT2D eigenvalue weighted by Crippen LogP contribution is -2.47. The molecule has 0 bridgehead atoms. The molecule has 0 aliphatic carbocycles. The molecule has 0 aromatic heterocycles. The number of carbonyl (C=O) groups is 1. The van der Waals surface area contributed by atoms with E-state index in [-0.39, 0.29) is 11.8 Å². The topological polar surface area (TPSA) is 32.8 Å². The molecule has 1 aromatic carbocycles. The van der Waals surface area contributed by atoms with Crippen molar-refractivity contribution >= 4 is 17.6 Å². The molecule has 0 atom stereocenters. The van der Waals surface area contributed by atoms with Crippen LogP contribution < -0.4 is 0 Å². The van der Waals surface area contributed by atoms with E-state index < -0.39 is 0 Å². The summed E-state index contributed by atoms with van der Waals surface area (Å²) in [5.74, 6) is -0.490. The lowest BCUT2D eigenvalue weighted by Gasteiger charge is -2.34. The van der Waals surface area contributed by atoms with E-state index >= 15 is 0 Å². The van der Waals surface area contributed by atoms with E-state index in [4.69, 9.17) is 16.3 Å². The average molecular weight is 315 g/mol. The molecule has 4 nitrogen and oxygen atoms in total. The fraction of sp³-hybridized carbons (Fsp3) is 0.533. The number of hydrogen-bond acceptors (Lipinski definition) is 4. The Morgan fingerprint density at radius 2 is 1.95 bits per heavy atom. The molecule has 116 valence electrons. The summed E-state index contributed by atoms with van der Waals surface area (Å²) in [6.45, 7) is 6.62. The first kappa shape index (κ1) is 16.2. The van der Waals surface area contributed by atoms with Crippen LogP contribution in [0.4, 0.5) is 4.39 Å². The Kier molecular flexibility index (Phi) is 5.96. The predicted octanol–water partition coefficient (Wildman–Crippen LogP) is 2.16. The largest absolute Gasteiger partial charge is 0.465 e. The van der Waals surface area contributed by atoms with Gasteiger partial charge in [-0.05, 0) is 24.6 Å². The van der Waals surface area contributed by atoms with Gasteiger partial charge in [0, 0.05) is 37.7 Å². The van der Waals surface area contributed by atoms with Crippen LogP contribution in [0.15, 0.2) is 18.2 Å². The minimum atomic E-state index is -0.317. The number of esters is 1. The fourth-order valence-electron chi connectivity index (χ4n) is 2.39. The molecule has 1 heterocycles. The highest BCUT2D eigenvalue weighted by Gasteiger charge is 2.20. The normalized spacial score (nSPS) is 16.9. The van der Waals surface area contributed by atoms with E-state index in [1.54, 1.807) is 6.07 Å². The molecule has 0 radical (unpaired) electrons. The number of hydrogen-bond donors (Lipinski definition) is 0. The van der Waals surface area contributed by atoms with Crippen molar-refractivity contribution in [1.29, 1.82) is 0 Å². The number of benzene rings is 1. The van der Waals surface area contributed by atoms with Crippen LogP contribution in [0.2, 0.25) is 5.02 Å². The molecular formula is C15H20ClFN2O2. The molecule has 0 spiro atoms. The smallest absolute Gasteiger partial charge is 0.320 e. The molecular weight excluding hydrogens is 295 g/mol. The summed E-state index contributed by atoms with van der Waals surface area (Å²) in [7, 11) is 0. The maximum atomic E-state index is 13.0. The van der Waals surface area contributed by atoms with Gasteiger partial charge in [0.15, 0.2) is 0 Å². The SMILES string of the molecule is CCOC(=O)CN1CCN(Cc2ccc(F)cc2Cl)CC1. The third-order valence-electron chi connectivity index (χ3n) is 3.53. The third kappa shape index (κ3) is 4.95. The highest BCUT2D eigenvalue weighted by molar-refractivity contribution is 6.31. The highest BCUT2D eigenvalue weighted by atomic mass is 35.5. The van der Waals surface area contributed by atoms with Crippen LogP contribution in [-0.2, 0) is 16.1 Å². The summed E-state index contributed by atoms with van der Waals surface area (Å²) in [4.78, 5) is 15.8. The Morgan fingerprint density at radius 1 is 1.29 bits per heavy atom. The Hall–Kier alpha value is -1.17. The summed E-state index contributed by atoms with van der Waals surface area (Å²) < 4.78 is 18.0. The number of halogens is 2. The van der Waals surface area contributed by atoms with Gasteiger partial charge in [0.2, 0.25) is 0 Å². The number of carbonyl (C=O) groups excluding carboxylic acids is 1. The number of rotatable bonds is 5. The van der Waals surface area contributed by atoms with Crippen LogP contribution in [0.1, 0.15) is 12.5 Å². The van der Waals surface area contributed by atoms with Crippen LogP contribution in [0.25, 0.3) is 0 Å². The van der Waals surface area contributed by atoms with Crippen molar-refractivity contribution in [3.8, 4) is 0 Å². The zero-order valence-electron chi connectivity index (χ0n) is 12.1. The van der Waals surface area contributed by atoms with Gasteiger partial charge in [0.05, 0.1) is 13.2 Å². The second kappa shape index (κ2) is 7.73. The molecule has 21 heavy (non-hydrogen) atoms. The molecule has 6 heteroatoms. The molecule has 1 aliphatic heterocycles. The Labute approximate surface area is 129 Å². The van der Waals surface area contributed by atoms with Gasteiger partial charge in [-0.3, -0.25) is 14.6 Å². The monoisotopic (exact) mass is 314 g/mol. The van der Waals surface area contributed by atoms with Gasteiger partial charge >= 0.3 is 5.97 Å². The summed E-state index contributed by atoms with van der Waals surface area (Å²) in [6.07, 6.45) is 0. The van der Waals surface area contributed by atoms with Gasteiger partial charge in [-0.1, -0.05) is 17.7 Å². The van der Waals surface area contributed by atoms with Crippen LogP contribution in [0, 0.1) is 5.82 Å². The van der Waals surface area contributed by atoms with E-state index in [1.807, 2.05) is 6.92 Å². The molecule has 0 unspecified atom stereocenters. The molecule has 0 saturated carbocycles. The fourth-order valence-corrected chi connectivity index (χ4v) is 2.61. The average Bonchev–Trinajstić information content (AvgIpc) is 2.44. The maximum Gasteiger partial charge on any atom is 0.320 e. The number of nitrogens with zero attached hydrogens (tertiary/aromatic N) is 2. The first-order valence-electron chi connectivity index (χ1n) is 7.12. The molecule has 2 rings (SSSR count). The minimum absolute atomic E-state index is 0.174. The van der Waals surface area contributed by atoms with E-state index in [1.165, 1.54) is 12.1 Å². The standard InChI is InChI=1S/C15H20ClFN2O2/c1-2-21-15(20)11-19-7-5-18(6-8-19)10-12-3-4-13(17)9-14(12)16/h3-4,9H,2,5-8,10-11H2,1H3. The van der Waals surface area contributed by atoms with Crippen LogP contribution in [0.5, 0.6) is 0 Å².